The molecule has 1 saturated heterocycles. The van der Waals surface area contributed by atoms with Gasteiger partial charge in [0.25, 0.3) is 0 Å². The molecular weight excluding hydrogens is 242 g/mol. The van der Waals surface area contributed by atoms with Gasteiger partial charge in [0.1, 0.15) is 0 Å². The van der Waals surface area contributed by atoms with E-state index in [-0.39, 0.29) is 24.9 Å². The summed E-state index contributed by atoms with van der Waals surface area (Å²) in [4.78, 5) is 32.4. The molecule has 1 heterocycles. The number of aliphatic hydroxyl groups excluding tert-OH is 1. The Bertz CT molecular complexity index is 333. The van der Waals surface area contributed by atoms with Crippen LogP contribution in [0.2, 0.25) is 0 Å². The van der Waals surface area contributed by atoms with Crippen LogP contribution in [0.15, 0.2) is 0 Å². The van der Waals surface area contributed by atoms with Crippen LogP contribution in [0.1, 0.15) is 19.3 Å². The molecule has 0 radical (unpaired) electrons. The second-order valence-corrected chi connectivity index (χ2v) is 4.08. The van der Waals surface area contributed by atoms with Crippen LogP contribution in [0.4, 0.5) is 4.79 Å². The summed E-state index contributed by atoms with van der Waals surface area (Å²) in [7, 11) is 0. The molecule has 8 nitrogen and oxygen atoms in total. The molecule has 3 amide bonds. The summed E-state index contributed by atoms with van der Waals surface area (Å²) in [5.41, 5.74) is 0. The molecule has 102 valence electrons. The fourth-order valence-electron chi connectivity index (χ4n) is 1.55. The number of carbonyl (C=O) groups excluding carboxylic acids is 2. The molecule has 0 aromatic carbocycles. The van der Waals surface area contributed by atoms with E-state index in [0.717, 1.165) is 0 Å². The van der Waals surface area contributed by atoms with Gasteiger partial charge in [-0.3, -0.25) is 4.79 Å². The van der Waals surface area contributed by atoms with Crippen LogP contribution in [-0.4, -0.2) is 53.4 Å². The molecule has 1 unspecified atom stereocenters. The summed E-state index contributed by atoms with van der Waals surface area (Å²) in [6.45, 7) is 0.398. The van der Waals surface area contributed by atoms with Crippen molar-refractivity contribution in [2.45, 2.75) is 31.4 Å². The lowest BCUT2D eigenvalue weighted by molar-refractivity contribution is -0.146. The van der Waals surface area contributed by atoms with Gasteiger partial charge in [0.05, 0.1) is 0 Å². The van der Waals surface area contributed by atoms with Crippen molar-refractivity contribution in [3.8, 4) is 0 Å². The highest BCUT2D eigenvalue weighted by atomic mass is 16.4. The van der Waals surface area contributed by atoms with Crippen molar-refractivity contribution in [3.05, 3.63) is 0 Å². The average Bonchev–Trinajstić information content (AvgIpc) is 2.72. The molecular formula is C10H17N3O5. The van der Waals surface area contributed by atoms with Gasteiger partial charge >= 0.3 is 12.0 Å². The van der Waals surface area contributed by atoms with Crippen molar-refractivity contribution < 1.29 is 24.6 Å². The number of hydrogen-bond donors (Lipinski definition) is 5. The second-order valence-electron chi connectivity index (χ2n) is 4.08. The third kappa shape index (κ3) is 5.00. The lowest BCUT2D eigenvalue weighted by Crippen LogP contribution is -2.43. The molecule has 0 aromatic heterocycles. The minimum absolute atomic E-state index is 0.0215. The molecule has 18 heavy (non-hydrogen) atoms. The monoisotopic (exact) mass is 259 g/mol. The maximum atomic E-state index is 11.3. The SMILES string of the molecule is O=C1CCC(CNC(=O)NCC[C@H](O)C(=O)O)N1. The highest BCUT2D eigenvalue weighted by molar-refractivity contribution is 5.79. The Kier molecular flexibility index (Phi) is 5.37. The number of nitrogens with one attached hydrogen (secondary N) is 3. The summed E-state index contributed by atoms with van der Waals surface area (Å²) in [6, 6.07) is -0.499. The van der Waals surface area contributed by atoms with E-state index in [1.165, 1.54) is 0 Å². The van der Waals surface area contributed by atoms with E-state index < -0.39 is 18.1 Å². The van der Waals surface area contributed by atoms with Gasteiger partial charge in [-0.2, -0.15) is 0 Å². The summed E-state index contributed by atoms with van der Waals surface area (Å²) < 4.78 is 0. The van der Waals surface area contributed by atoms with Crippen LogP contribution < -0.4 is 16.0 Å². The zero-order valence-electron chi connectivity index (χ0n) is 9.81. The smallest absolute Gasteiger partial charge is 0.332 e. The summed E-state index contributed by atoms with van der Waals surface area (Å²) in [5, 5.41) is 25.0. The van der Waals surface area contributed by atoms with Crippen LogP contribution in [0, 0.1) is 0 Å². The van der Waals surface area contributed by atoms with Gasteiger partial charge in [0.15, 0.2) is 6.10 Å². The molecule has 1 fully saturated rings. The quantitative estimate of drug-likeness (QED) is 0.392. The van der Waals surface area contributed by atoms with E-state index in [1.54, 1.807) is 0 Å². The third-order valence-electron chi connectivity index (χ3n) is 2.58. The number of urea groups is 1. The first kappa shape index (κ1) is 14.2. The number of rotatable bonds is 6. The lowest BCUT2D eigenvalue weighted by Gasteiger charge is -2.12. The first-order valence-corrected chi connectivity index (χ1v) is 5.71. The Labute approximate surface area is 104 Å². The molecule has 1 rings (SSSR count). The molecule has 8 heteroatoms. The number of aliphatic carboxylic acids is 1. The van der Waals surface area contributed by atoms with Gasteiger partial charge in [0.2, 0.25) is 5.91 Å². The summed E-state index contributed by atoms with van der Waals surface area (Å²) in [5.74, 6) is -1.34. The van der Waals surface area contributed by atoms with Crippen LogP contribution in [0.5, 0.6) is 0 Å². The van der Waals surface area contributed by atoms with Gasteiger partial charge < -0.3 is 26.2 Å². The van der Waals surface area contributed by atoms with Crippen molar-refractivity contribution in [1.82, 2.24) is 16.0 Å². The summed E-state index contributed by atoms with van der Waals surface area (Å²) >= 11 is 0. The molecule has 1 aliphatic heterocycles. The van der Waals surface area contributed by atoms with Gasteiger partial charge in [0, 0.05) is 32.0 Å². The predicted octanol–water partition coefficient (Wildman–Crippen LogP) is -1.60. The van der Waals surface area contributed by atoms with E-state index in [2.05, 4.69) is 16.0 Å². The number of aliphatic hydroxyl groups is 1. The Morgan fingerprint density at radius 3 is 2.72 bits per heavy atom. The van der Waals surface area contributed by atoms with Gasteiger partial charge in [-0.15, -0.1) is 0 Å². The highest BCUT2D eigenvalue weighted by Gasteiger charge is 2.20. The van der Waals surface area contributed by atoms with Crippen LogP contribution in [0.25, 0.3) is 0 Å². The van der Waals surface area contributed by atoms with E-state index >= 15 is 0 Å². The normalized spacial score (nSPS) is 20.1. The highest BCUT2D eigenvalue weighted by Crippen LogP contribution is 2.04. The Morgan fingerprint density at radius 2 is 2.17 bits per heavy atom. The lowest BCUT2D eigenvalue weighted by atomic mass is 10.2. The van der Waals surface area contributed by atoms with Gasteiger partial charge in [-0.05, 0) is 6.42 Å². The van der Waals surface area contributed by atoms with Crippen molar-refractivity contribution in [2.75, 3.05) is 13.1 Å². The van der Waals surface area contributed by atoms with Crippen LogP contribution in [0.3, 0.4) is 0 Å². The van der Waals surface area contributed by atoms with Crippen LogP contribution in [-0.2, 0) is 9.59 Å². The Morgan fingerprint density at radius 1 is 1.44 bits per heavy atom. The van der Waals surface area contributed by atoms with E-state index in [9.17, 15) is 14.4 Å². The number of carboxylic acids is 1. The third-order valence-corrected chi connectivity index (χ3v) is 2.58. The number of carboxylic acid groups (broad SMARTS) is 1. The maximum Gasteiger partial charge on any atom is 0.332 e. The molecule has 1 aliphatic rings. The van der Waals surface area contributed by atoms with Gasteiger partial charge in [-0.25, -0.2) is 9.59 Å². The Hall–Kier alpha value is -1.83. The molecule has 0 spiro atoms. The predicted molar refractivity (Wildman–Crippen MR) is 60.8 cm³/mol. The van der Waals surface area contributed by atoms with E-state index in [0.29, 0.717) is 19.4 Å². The number of carbonyl (C=O) groups is 3. The topological polar surface area (TPSA) is 128 Å². The second kappa shape index (κ2) is 6.80. The van der Waals surface area contributed by atoms with Gasteiger partial charge in [-0.1, -0.05) is 0 Å². The standard InChI is InChI=1S/C10H17N3O5/c14-7(9(16)17)3-4-11-10(18)12-5-6-1-2-8(15)13-6/h6-7,14H,1-5H2,(H,13,15)(H,16,17)(H2,11,12,18)/t6?,7-/m0/s1. The molecule has 0 bridgehead atoms. The fraction of sp³-hybridized carbons (Fsp3) is 0.700. The number of hydrogen-bond acceptors (Lipinski definition) is 4. The minimum atomic E-state index is -1.47. The first-order valence-electron chi connectivity index (χ1n) is 5.71. The fourth-order valence-corrected chi connectivity index (χ4v) is 1.55. The van der Waals surface area contributed by atoms with Crippen molar-refractivity contribution in [3.63, 3.8) is 0 Å². The summed E-state index contributed by atoms with van der Waals surface area (Å²) in [6.07, 6.45) is -0.363. The molecule has 0 aliphatic carbocycles. The molecule has 5 N–H and O–H groups in total. The molecule has 2 atom stereocenters. The van der Waals surface area contributed by atoms with Crippen LogP contribution >= 0.6 is 0 Å². The minimum Gasteiger partial charge on any atom is -0.479 e. The first-order chi connectivity index (χ1) is 8.49. The molecule has 0 saturated carbocycles. The Balaban J connectivity index is 2.07. The van der Waals surface area contributed by atoms with E-state index in [4.69, 9.17) is 10.2 Å². The van der Waals surface area contributed by atoms with Crippen molar-refractivity contribution in [2.24, 2.45) is 0 Å². The zero-order chi connectivity index (χ0) is 13.5. The number of amides is 3. The van der Waals surface area contributed by atoms with Crippen molar-refractivity contribution in [1.29, 1.82) is 0 Å². The largest absolute Gasteiger partial charge is 0.479 e. The average molecular weight is 259 g/mol. The zero-order valence-corrected chi connectivity index (χ0v) is 9.81. The maximum absolute atomic E-state index is 11.3. The molecule has 0 aromatic rings. The van der Waals surface area contributed by atoms with E-state index in [1.807, 2.05) is 0 Å². The van der Waals surface area contributed by atoms with Crippen molar-refractivity contribution >= 4 is 17.9 Å².